The number of likely N-dealkylation sites (N-methyl/N-ethyl adjacent to an activating group) is 1. The number of ether oxygens (including phenoxy) is 1. The third kappa shape index (κ3) is 3.71. The molecule has 2 aromatic rings. The number of aromatic nitrogens is 1. The molecule has 114 valence electrons. The van der Waals surface area contributed by atoms with Gasteiger partial charge in [-0.3, -0.25) is 0 Å². The SMILES string of the molecule is CCNCc1cc(N(C)C(C)COC)nc2ccccc12. The molecule has 0 aliphatic heterocycles. The van der Waals surface area contributed by atoms with Gasteiger partial charge in [0.05, 0.1) is 18.2 Å². The summed E-state index contributed by atoms with van der Waals surface area (Å²) in [5.74, 6) is 0.992. The monoisotopic (exact) mass is 287 g/mol. The molecular weight excluding hydrogens is 262 g/mol. The van der Waals surface area contributed by atoms with Crippen molar-refractivity contribution in [3.05, 3.63) is 35.9 Å². The molecule has 0 saturated carbocycles. The first-order chi connectivity index (χ1) is 10.2. The first-order valence-electron chi connectivity index (χ1n) is 7.48. The van der Waals surface area contributed by atoms with Crippen molar-refractivity contribution in [2.75, 3.05) is 32.2 Å². The van der Waals surface area contributed by atoms with Gasteiger partial charge in [0.2, 0.25) is 0 Å². The summed E-state index contributed by atoms with van der Waals surface area (Å²) in [6.07, 6.45) is 0. The number of benzene rings is 1. The van der Waals surface area contributed by atoms with Crippen LogP contribution in [0.1, 0.15) is 19.4 Å². The van der Waals surface area contributed by atoms with Crippen LogP contribution < -0.4 is 10.2 Å². The average molecular weight is 287 g/mol. The zero-order valence-electron chi connectivity index (χ0n) is 13.4. The summed E-state index contributed by atoms with van der Waals surface area (Å²) in [4.78, 5) is 6.96. The highest BCUT2D eigenvalue weighted by Gasteiger charge is 2.13. The Morgan fingerprint density at radius 3 is 2.81 bits per heavy atom. The number of hydrogen-bond acceptors (Lipinski definition) is 4. The highest BCUT2D eigenvalue weighted by Crippen LogP contribution is 2.23. The maximum Gasteiger partial charge on any atom is 0.129 e. The van der Waals surface area contributed by atoms with E-state index in [0.717, 1.165) is 24.4 Å². The van der Waals surface area contributed by atoms with Gasteiger partial charge < -0.3 is 15.0 Å². The molecule has 1 aromatic heterocycles. The molecule has 1 N–H and O–H groups in total. The number of anilines is 1. The van der Waals surface area contributed by atoms with Crippen molar-refractivity contribution in [1.82, 2.24) is 10.3 Å². The zero-order valence-corrected chi connectivity index (χ0v) is 13.4. The van der Waals surface area contributed by atoms with Crippen molar-refractivity contribution >= 4 is 16.7 Å². The van der Waals surface area contributed by atoms with Crippen molar-refractivity contribution in [2.24, 2.45) is 0 Å². The molecule has 0 bridgehead atoms. The maximum absolute atomic E-state index is 5.25. The number of nitrogens with zero attached hydrogens (tertiary/aromatic N) is 2. The van der Waals surface area contributed by atoms with E-state index >= 15 is 0 Å². The molecule has 1 aromatic carbocycles. The fraction of sp³-hybridized carbons (Fsp3) is 0.471. The number of methoxy groups -OCH3 is 1. The van der Waals surface area contributed by atoms with Gasteiger partial charge in [-0.25, -0.2) is 4.98 Å². The zero-order chi connectivity index (χ0) is 15.2. The molecule has 0 aliphatic carbocycles. The quantitative estimate of drug-likeness (QED) is 0.849. The van der Waals surface area contributed by atoms with Crippen LogP contribution in [0.4, 0.5) is 5.82 Å². The normalized spacial score (nSPS) is 12.6. The van der Waals surface area contributed by atoms with Gasteiger partial charge in [0, 0.05) is 26.1 Å². The molecule has 4 nitrogen and oxygen atoms in total. The van der Waals surface area contributed by atoms with E-state index in [2.05, 4.69) is 55.4 Å². The Kier molecular flexibility index (Phi) is 5.53. The Labute approximate surface area is 127 Å². The third-order valence-corrected chi connectivity index (χ3v) is 3.78. The second-order valence-electron chi connectivity index (χ2n) is 5.35. The topological polar surface area (TPSA) is 37.4 Å². The number of rotatable bonds is 7. The van der Waals surface area contributed by atoms with Crippen molar-refractivity contribution in [2.45, 2.75) is 26.4 Å². The van der Waals surface area contributed by atoms with Crippen LogP contribution in [-0.2, 0) is 11.3 Å². The predicted octanol–water partition coefficient (Wildman–Crippen LogP) is 2.82. The van der Waals surface area contributed by atoms with Gasteiger partial charge in [-0.05, 0) is 31.2 Å². The van der Waals surface area contributed by atoms with Crippen LogP contribution in [0.2, 0.25) is 0 Å². The summed E-state index contributed by atoms with van der Waals surface area (Å²) in [5.41, 5.74) is 2.33. The molecule has 1 heterocycles. The van der Waals surface area contributed by atoms with Gasteiger partial charge in [0.15, 0.2) is 0 Å². The Bertz CT molecular complexity index is 585. The number of pyridine rings is 1. The first-order valence-corrected chi connectivity index (χ1v) is 7.48. The van der Waals surface area contributed by atoms with Gasteiger partial charge in [-0.2, -0.15) is 0 Å². The fourth-order valence-corrected chi connectivity index (χ4v) is 2.40. The Morgan fingerprint density at radius 2 is 2.10 bits per heavy atom. The molecule has 2 rings (SSSR count). The van der Waals surface area contributed by atoms with E-state index in [-0.39, 0.29) is 6.04 Å². The van der Waals surface area contributed by atoms with Crippen molar-refractivity contribution in [3.8, 4) is 0 Å². The Balaban J connectivity index is 2.40. The lowest BCUT2D eigenvalue weighted by molar-refractivity contribution is 0.183. The summed E-state index contributed by atoms with van der Waals surface area (Å²) in [7, 11) is 3.80. The molecule has 0 spiro atoms. The molecule has 0 radical (unpaired) electrons. The second-order valence-corrected chi connectivity index (χ2v) is 5.35. The van der Waals surface area contributed by atoms with Crippen LogP contribution >= 0.6 is 0 Å². The minimum atomic E-state index is 0.288. The maximum atomic E-state index is 5.25. The summed E-state index contributed by atoms with van der Waals surface area (Å²) in [5, 5.41) is 4.62. The number of nitrogens with one attached hydrogen (secondary N) is 1. The lowest BCUT2D eigenvalue weighted by atomic mass is 10.1. The number of hydrogen-bond donors (Lipinski definition) is 1. The Morgan fingerprint density at radius 1 is 1.33 bits per heavy atom. The average Bonchev–Trinajstić information content (AvgIpc) is 2.51. The minimum Gasteiger partial charge on any atom is -0.383 e. The van der Waals surface area contributed by atoms with Crippen LogP contribution in [-0.4, -0.2) is 38.3 Å². The largest absolute Gasteiger partial charge is 0.383 e. The van der Waals surface area contributed by atoms with E-state index in [9.17, 15) is 0 Å². The fourth-order valence-electron chi connectivity index (χ4n) is 2.40. The van der Waals surface area contributed by atoms with E-state index in [1.165, 1.54) is 10.9 Å². The summed E-state index contributed by atoms with van der Waals surface area (Å²) in [6.45, 7) is 6.77. The van der Waals surface area contributed by atoms with Gasteiger partial charge in [-0.15, -0.1) is 0 Å². The van der Waals surface area contributed by atoms with Gasteiger partial charge in [0.1, 0.15) is 5.82 Å². The Hall–Kier alpha value is -1.65. The molecule has 0 fully saturated rings. The highest BCUT2D eigenvalue weighted by atomic mass is 16.5. The molecule has 1 atom stereocenters. The molecule has 0 saturated heterocycles. The molecular formula is C17H25N3O. The smallest absolute Gasteiger partial charge is 0.129 e. The van der Waals surface area contributed by atoms with Crippen molar-refractivity contribution < 1.29 is 4.74 Å². The summed E-state index contributed by atoms with van der Waals surface area (Å²) >= 11 is 0. The van der Waals surface area contributed by atoms with Crippen molar-refractivity contribution in [1.29, 1.82) is 0 Å². The standard InChI is InChI=1S/C17H25N3O/c1-5-18-11-14-10-17(20(3)13(2)12-21-4)19-16-9-7-6-8-15(14)16/h6-10,13,18H,5,11-12H2,1-4H3. The van der Waals surface area contributed by atoms with Gasteiger partial charge in [-0.1, -0.05) is 25.1 Å². The van der Waals surface area contributed by atoms with Crippen LogP contribution in [0.25, 0.3) is 10.9 Å². The van der Waals surface area contributed by atoms with E-state index in [1.807, 2.05) is 6.07 Å². The van der Waals surface area contributed by atoms with Crippen LogP contribution in [0.15, 0.2) is 30.3 Å². The van der Waals surface area contributed by atoms with Crippen LogP contribution in [0.5, 0.6) is 0 Å². The van der Waals surface area contributed by atoms with E-state index in [4.69, 9.17) is 9.72 Å². The summed E-state index contributed by atoms with van der Waals surface area (Å²) < 4.78 is 5.25. The van der Waals surface area contributed by atoms with E-state index in [1.54, 1.807) is 7.11 Å². The van der Waals surface area contributed by atoms with Crippen LogP contribution in [0, 0.1) is 0 Å². The van der Waals surface area contributed by atoms with Gasteiger partial charge in [0.25, 0.3) is 0 Å². The van der Waals surface area contributed by atoms with Crippen LogP contribution in [0.3, 0.4) is 0 Å². The lowest BCUT2D eigenvalue weighted by Gasteiger charge is -2.26. The predicted molar refractivity (Wildman–Crippen MR) is 88.9 cm³/mol. The molecule has 0 aliphatic rings. The first kappa shape index (κ1) is 15.7. The number of fused-ring (bicyclic) bond motifs is 1. The van der Waals surface area contributed by atoms with Gasteiger partial charge >= 0.3 is 0 Å². The van der Waals surface area contributed by atoms with E-state index in [0.29, 0.717) is 6.61 Å². The molecule has 1 unspecified atom stereocenters. The minimum absolute atomic E-state index is 0.288. The molecule has 4 heteroatoms. The highest BCUT2D eigenvalue weighted by molar-refractivity contribution is 5.84. The number of para-hydroxylation sites is 1. The van der Waals surface area contributed by atoms with E-state index < -0.39 is 0 Å². The summed E-state index contributed by atoms with van der Waals surface area (Å²) in [6, 6.07) is 10.8. The third-order valence-electron chi connectivity index (χ3n) is 3.78. The molecule has 21 heavy (non-hydrogen) atoms. The van der Waals surface area contributed by atoms with Crippen molar-refractivity contribution in [3.63, 3.8) is 0 Å². The lowest BCUT2D eigenvalue weighted by Crippen LogP contribution is -2.33. The molecule has 0 amide bonds. The second kappa shape index (κ2) is 7.38.